The Morgan fingerprint density at radius 2 is 1.95 bits per heavy atom. The zero-order valence-corrected chi connectivity index (χ0v) is 14.2. The van der Waals surface area contributed by atoms with Gasteiger partial charge < -0.3 is 10.1 Å². The number of nitrogens with zero attached hydrogens (tertiary/aromatic N) is 1. The Balaban J connectivity index is 2.21. The van der Waals surface area contributed by atoms with Gasteiger partial charge in [0, 0.05) is 23.6 Å². The number of halogens is 1. The fraction of sp³-hybridized carbons (Fsp3) is 0.467. The number of ether oxygens (including phenoxy) is 1. The van der Waals surface area contributed by atoms with Crippen LogP contribution in [0.5, 0.6) is 0 Å². The van der Waals surface area contributed by atoms with E-state index in [1.54, 1.807) is 18.0 Å². The molecular formula is C15H19BrN2O3. The second-order valence-corrected chi connectivity index (χ2v) is 6.87. The highest BCUT2D eigenvalue weighted by atomic mass is 79.9. The van der Waals surface area contributed by atoms with Gasteiger partial charge in [0.2, 0.25) is 0 Å². The average Bonchev–Trinajstić information content (AvgIpc) is 2.80. The molecule has 0 unspecified atom stereocenters. The van der Waals surface area contributed by atoms with Gasteiger partial charge in [0.05, 0.1) is 6.54 Å². The number of rotatable bonds is 1. The van der Waals surface area contributed by atoms with Crippen LogP contribution in [0.3, 0.4) is 0 Å². The fourth-order valence-electron chi connectivity index (χ4n) is 2.20. The van der Waals surface area contributed by atoms with E-state index < -0.39 is 5.60 Å². The monoisotopic (exact) mass is 354 g/mol. The van der Waals surface area contributed by atoms with Crippen LogP contribution in [0.2, 0.25) is 0 Å². The van der Waals surface area contributed by atoms with Crippen molar-refractivity contribution < 1.29 is 14.3 Å². The van der Waals surface area contributed by atoms with Crippen LogP contribution in [0.25, 0.3) is 0 Å². The summed E-state index contributed by atoms with van der Waals surface area (Å²) in [7, 11) is 1.59. The first-order valence-corrected chi connectivity index (χ1v) is 7.52. The van der Waals surface area contributed by atoms with Crippen molar-refractivity contribution in [2.24, 2.45) is 0 Å². The quantitative estimate of drug-likeness (QED) is 0.842. The lowest BCUT2D eigenvalue weighted by atomic mass is 10.1. The molecule has 114 valence electrons. The highest BCUT2D eigenvalue weighted by molar-refractivity contribution is 9.10. The molecule has 1 N–H and O–H groups in total. The molecule has 0 saturated heterocycles. The number of hydrogen-bond acceptors (Lipinski definition) is 3. The maximum absolute atomic E-state index is 12.1. The van der Waals surface area contributed by atoms with E-state index in [1.165, 1.54) is 0 Å². The second kappa shape index (κ2) is 5.67. The summed E-state index contributed by atoms with van der Waals surface area (Å²) < 4.78 is 6.22. The molecule has 5 nitrogen and oxygen atoms in total. The molecule has 0 radical (unpaired) electrons. The summed E-state index contributed by atoms with van der Waals surface area (Å²) in [5.74, 6) is -0.144. The molecule has 21 heavy (non-hydrogen) atoms. The normalized spacial score (nSPS) is 13.9. The molecule has 0 fully saturated rings. The van der Waals surface area contributed by atoms with Crippen molar-refractivity contribution in [3.63, 3.8) is 0 Å². The van der Waals surface area contributed by atoms with Gasteiger partial charge in [0.1, 0.15) is 5.60 Å². The van der Waals surface area contributed by atoms with E-state index in [4.69, 9.17) is 4.74 Å². The number of benzene rings is 1. The standard InChI is InChI=1S/C15H19BrN2O3/c1-15(2,3)21-14(20)18-7-10-5-9(13(19)17-4)6-12(16)11(10)8-18/h5-6H,7-8H2,1-4H3,(H,17,19). The molecule has 0 aromatic heterocycles. The molecular weight excluding hydrogens is 336 g/mol. The number of amides is 2. The lowest BCUT2D eigenvalue weighted by Crippen LogP contribution is -2.33. The summed E-state index contributed by atoms with van der Waals surface area (Å²) in [5.41, 5.74) is 2.05. The van der Waals surface area contributed by atoms with E-state index in [-0.39, 0.29) is 12.0 Å². The molecule has 1 aromatic carbocycles. The van der Waals surface area contributed by atoms with Crippen molar-refractivity contribution in [1.82, 2.24) is 10.2 Å². The van der Waals surface area contributed by atoms with Crippen LogP contribution < -0.4 is 5.32 Å². The van der Waals surface area contributed by atoms with Gasteiger partial charge in [-0.2, -0.15) is 0 Å². The maximum Gasteiger partial charge on any atom is 0.410 e. The molecule has 0 spiro atoms. The minimum Gasteiger partial charge on any atom is -0.444 e. The summed E-state index contributed by atoms with van der Waals surface area (Å²) in [6.07, 6.45) is -0.341. The van der Waals surface area contributed by atoms with Gasteiger partial charge >= 0.3 is 6.09 Å². The van der Waals surface area contributed by atoms with Crippen molar-refractivity contribution in [3.05, 3.63) is 33.3 Å². The first-order chi connectivity index (χ1) is 9.71. The Morgan fingerprint density at radius 1 is 1.29 bits per heavy atom. The molecule has 1 aliphatic rings. The van der Waals surface area contributed by atoms with E-state index in [0.717, 1.165) is 15.6 Å². The summed E-state index contributed by atoms with van der Waals surface area (Å²) in [5, 5.41) is 2.60. The van der Waals surface area contributed by atoms with Gasteiger partial charge in [0.25, 0.3) is 5.91 Å². The third-order valence-corrected chi connectivity index (χ3v) is 3.85. The molecule has 0 saturated carbocycles. The van der Waals surface area contributed by atoms with Crippen LogP contribution in [-0.4, -0.2) is 29.5 Å². The second-order valence-electron chi connectivity index (χ2n) is 6.01. The highest BCUT2D eigenvalue weighted by Crippen LogP contribution is 2.31. The third-order valence-electron chi connectivity index (χ3n) is 3.14. The molecule has 1 heterocycles. The van der Waals surface area contributed by atoms with Crippen molar-refractivity contribution in [3.8, 4) is 0 Å². The third kappa shape index (κ3) is 3.56. The Morgan fingerprint density at radius 3 is 2.52 bits per heavy atom. The number of carbonyl (C=O) groups excluding carboxylic acids is 2. The predicted molar refractivity (Wildman–Crippen MR) is 83.0 cm³/mol. The topological polar surface area (TPSA) is 58.6 Å². The Kier molecular flexibility index (Phi) is 4.27. The summed E-state index contributed by atoms with van der Waals surface area (Å²) in [6, 6.07) is 3.60. The van der Waals surface area contributed by atoms with Crippen molar-refractivity contribution in [1.29, 1.82) is 0 Å². The van der Waals surface area contributed by atoms with E-state index in [2.05, 4.69) is 21.2 Å². The molecule has 2 rings (SSSR count). The van der Waals surface area contributed by atoms with E-state index in [0.29, 0.717) is 18.7 Å². The first-order valence-electron chi connectivity index (χ1n) is 6.72. The highest BCUT2D eigenvalue weighted by Gasteiger charge is 2.29. The van der Waals surface area contributed by atoms with Crippen LogP contribution in [-0.2, 0) is 17.8 Å². The van der Waals surface area contributed by atoms with Crippen molar-refractivity contribution in [2.45, 2.75) is 39.5 Å². The Labute approximate surface area is 132 Å². The molecule has 2 amide bonds. The maximum atomic E-state index is 12.1. The zero-order valence-electron chi connectivity index (χ0n) is 12.6. The molecule has 0 bridgehead atoms. The minimum absolute atomic E-state index is 0.144. The minimum atomic E-state index is -0.518. The molecule has 0 aliphatic carbocycles. The van der Waals surface area contributed by atoms with E-state index in [1.807, 2.05) is 26.8 Å². The molecule has 6 heteroatoms. The molecule has 0 atom stereocenters. The van der Waals surface area contributed by atoms with Crippen LogP contribution in [0, 0.1) is 0 Å². The number of fused-ring (bicyclic) bond motifs is 1. The predicted octanol–water partition coefficient (Wildman–Crippen LogP) is 3.06. The zero-order chi connectivity index (χ0) is 15.8. The fourth-order valence-corrected chi connectivity index (χ4v) is 2.82. The van der Waals surface area contributed by atoms with E-state index in [9.17, 15) is 9.59 Å². The van der Waals surface area contributed by atoms with Gasteiger partial charge in [0.15, 0.2) is 0 Å². The van der Waals surface area contributed by atoms with Crippen molar-refractivity contribution >= 4 is 27.9 Å². The summed E-state index contributed by atoms with van der Waals surface area (Å²) in [6.45, 7) is 6.46. The van der Waals surface area contributed by atoms with E-state index >= 15 is 0 Å². The average molecular weight is 355 g/mol. The SMILES string of the molecule is CNC(=O)c1cc(Br)c2c(c1)CN(C(=O)OC(C)(C)C)C2. The van der Waals surface area contributed by atoms with Crippen LogP contribution in [0.15, 0.2) is 16.6 Å². The van der Waals surface area contributed by atoms with Crippen LogP contribution in [0.1, 0.15) is 42.3 Å². The lowest BCUT2D eigenvalue weighted by molar-refractivity contribution is 0.0241. The van der Waals surface area contributed by atoms with Crippen LogP contribution in [0.4, 0.5) is 4.79 Å². The van der Waals surface area contributed by atoms with Crippen molar-refractivity contribution in [2.75, 3.05) is 7.05 Å². The van der Waals surface area contributed by atoms with Gasteiger partial charge in [-0.15, -0.1) is 0 Å². The lowest BCUT2D eigenvalue weighted by Gasteiger charge is -2.24. The first kappa shape index (κ1) is 15.8. The molecule has 1 aliphatic heterocycles. The van der Waals surface area contributed by atoms with Gasteiger partial charge in [-0.1, -0.05) is 15.9 Å². The summed E-state index contributed by atoms with van der Waals surface area (Å²) in [4.78, 5) is 25.5. The smallest absolute Gasteiger partial charge is 0.410 e. The Bertz CT molecular complexity index is 593. The Hall–Kier alpha value is -1.56. The number of nitrogens with one attached hydrogen (secondary N) is 1. The van der Waals surface area contributed by atoms with Gasteiger partial charge in [-0.25, -0.2) is 4.79 Å². The summed E-state index contributed by atoms with van der Waals surface area (Å²) >= 11 is 3.47. The largest absolute Gasteiger partial charge is 0.444 e. The van der Waals surface area contributed by atoms with Crippen LogP contribution >= 0.6 is 15.9 Å². The number of carbonyl (C=O) groups is 2. The number of hydrogen-bond donors (Lipinski definition) is 1. The van der Waals surface area contributed by atoms with Gasteiger partial charge in [-0.3, -0.25) is 9.69 Å². The molecule has 1 aromatic rings. The van der Waals surface area contributed by atoms with Gasteiger partial charge in [-0.05, 0) is 44.0 Å².